The van der Waals surface area contributed by atoms with E-state index in [1.165, 1.54) is 12.1 Å². The maximum Gasteiger partial charge on any atom is 0.337 e. The molecule has 0 aliphatic carbocycles. The number of benzene rings is 2. The van der Waals surface area contributed by atoms with Crippen molar-refractivity contribution < 1.29 is 18.7 Å². The Balaban J connectivity index is 1.77. The lowest BCUT2D eigenvalue weighted by atomic mass is 10.1. The number of anilines is 1. The molecule has 0 fully saturated rings. The average Bonchev–Trinajstić information content (AvgIpc) is 2.53. The monoisotopic (exact) mass is 365 g/mol. The fourth-order valence-electron chi connectivity index (χ4n) is 2.09. The van der Waals surface area contributed by atoms with Gasteiger partial charge in [0.1, 0.15) is 11.6 Å². The molecule has 0 bridgehead atoms. The van der Waals surface area contributed by atoms with Gasteiger partial charge in [0.05, 0.1) is 5.02 Å². The van der Waals surface area contributed by atoms with Crippen molar-refractivity contribution in [1.29, 1.82) is 0 Å². The third-order valence-electron chi connectivity index (χ3n) is 3.06. The maximum absolute atomic E-state index is 13.0. The number of carbonyl (C=O) groups excluding carboxylic acids is 2. The number of rotatable bonds is 4. The van der Waals surface area contributed by atoms with Crippen molar-refractivity contribution in [2.45, 2.75) is 13.8 Å². The highest BCUT2D eigenvalue weighted by Crippen LogP contribution is 2.20. The van der Waals surface area contributed by atoms with E-state index in [4.69, 9.17) is 16.3 Å². The van der Waals surface area contributed by atoms with Gasteiger partial charge in [-0.1, -0.05) is 17.7 Å². The zero-order chi connectivity index (χ0) is 18.4. The van der Waals surface area contributed by atoms with Crippen molar-refractivity contribution in [1.82, 2.24) is 10.9 Å². The predicted octanol–water partition coefficient (Wildman–Crippen LogP) is 3.33. The molecule has 0 spiro atoms. The molecule has 0 unspecified atom stereocenters. The normalized spacial score (nSPS) is 10.1. The first kappa shape index (κ1) is 18.5. The van der Waals surface area contributed by atoms with Crippen molar-refractivity contribution in [2.75, 3.05) is 11.9 Å². The third kappa shape index (κ3) is 5.96. The molecule has 2 aromatic rings. The van der Waals surface area contributed by atoms with Crippen LogP contribution in [0.3, 0.4) is 0 Å². The number of hydrogen-bond donors (Lipinski definition) is 3. The Kier molecular flexibility index (Phi) is 6.19. The lowest BCUT2D eigenvalue weighted by Gasteiger charge is -2.11. The molecule has 132 valence electrons. The molecule has 2 rings (SSSR count). The van der Waals surface area contributed by atoms with Gasteiger partial charge in [0.2, 0.25) is 0 Å². The molecule has 0 saturated carbocycles. The van der Waals surface area contributed by atoms with Gasteiger partial charge < -0.3 is 10.1 Å². The summed E-state index contributed by atoms with van der Waals surface area (Å²) in [5.74, 6) is -0.930. The molecule has 0 radical (unpaired) electrons. The highest BCUT2D eigenvalue weighted by Gasteiger charge is 2.07. The van der Waals surface area contributed by atoms with Crippen LogP contribution < -0.4 is 20.9 Å². The van der Waals surface area contributed by atoms with Gasteiger partial charge in [0.25, 0.3) is 5.91 Å². The Morgan fingerprint density at radius 2 is 1.76 bits per heavy atom. The second-order valence-corrected chi connectivity index (χ2v) is 5.78. The SMILES string of the molecule is Cc1cc(C)cc(NC(=O)NNC(=O)COc2ccc(F)c(Cl)c2)c1. The van der Waals surface area contributed by atoms with Crippen molar-refractivity contribution in [3.63, 3.8) is 0 Å². The van der Waals surface area contributed by atoms with Crippen LogP contribution in [0.2, 0.25) is 5.02 Å². The van der Waals surface area contributed by atoms with Gasteiger partial charge in [0.15, 0.2) is 6.61 Å². The molecular formula is C17H17ClFN3O3. The first-order valence-electron chi connectivity index (χ1n) is 7.35. The number of aryl methyl sites for hydroxylation is 2. The van der Waals surface area contributed by atoms with Crippen LogP contribution in [0.5, 0.6) is 5.75 Å². The van der Waals surface area contributed by atoms with E-state index in [0.29, 0.717) is 5.69 Å². The van der Waals surface area contributed by atoms with Gasteiger partial charge in [-0.05, 0) is 49.2 Å². The quantitative estimate of drug-likeness (QED) is 0.727. The average molecular weight is 366 g/mol. The van der Waals surface area contributed by atoms with Crippen molar-refractivity contribution in [3.05, 3.63) is 58.4 Å². The van der Waals surface area contributed by atoms with E-state index in [1.807, 2.05) is 19.9 Å². The summed E-state index contributed by atoms with van der Waals surface area (Å²) in [6.45, 7) is 3.46. The second-order valence-electron chi connectivity index (χ2n) is 5.37. The molecule has 0 aliphatic rings. The van der Waals surface area contributed by atoms with E-state index in [2.05, 4.69) is 16.2 Å². The van der Waals surface area contributed by atoms with Crippen LogP contribution in [-0.4, -0.2) is 18.5 Å². The van der Waals surface area contributed by atoms with E-state index < -0.39 is 17.8 Å². The Labute approximate surface area is 149 Å². The molecule has 6 nitrogen and oxygen atoms in total. The minimum atomic E-state index is -0.594. The zero-order valence-electron chi connectivity index (χ0n) is 13.7. The van der Waals surface area contributed by atoms with Crippen LogP contribution in [0.25, 0.3) is 0 Å². The molecule has 3 amide bonds. The summed E-state index contributed by atoms with van der Waals surface area (Å²) in [6.07, 6.45) is 0. The molecule has 0 saturated heterocycles. The van der Waals surface area contributed by atoms with Crippen LogP contribution in [-0.2, 0) is 4.79 Å². The minimum absolute atomic E-state index is 0.108. The topological polar surface area (TPSA) is 79.5 Å². The Morgan fingerprint density at radius 3 is 2.40 bits per heavy atom. The molecule has 25 heavy (non-hydrogen) atoms. The van der Waals surface area contributed by atoms with E-state index in [0.717, 1.165) is 17.2 Å². The van der Waals surface area contributed by atoms with E-state index in [-0.39, 0.29) is 17.4 Å². The van der Waals surface area contributed by atoms with Crippen molar-refractivity contribution in [2.24, 2.45) is 0 Å². The number of hydrogen-bond acceptors (Lipinski definition) is 3. The predicted molar refractivity (Wildman–Crippen MR) is 93.1 cm³/mol. The fraction of sp³-hybridized carbons (Fsp3) is 0.176. The summed E-state index contributed by atoms with van der Waals surface area (Å²) < 4.78 is 18.2. The van der Waals surface area contributed by atoms with Gasteiger partial charge in [-0.15, -0.1) is 0 Å². The maximum atomic E-state index is 13.0. The number of hydrazine groups is 1. The molecule has 0 heterocycles. The zero-order valence-corrected chi connectivity index (χ0v) is 14.4. The van der Waals surface area contributed by atoms with Gasteiger partial charge in [-0.2, -0.15) is 0 Å². The van der Waals surface area contributed by atoms with E-state index in [9.17, 15) is 14.0 Å². The highest BCUT2D eigenvalue weighted by molar-refractivity contribution is 6.30. The Morgan fingerprint density at radius 1 is 1.08 bits per heavy atom. The number of nitrogens with one attached hydrogen (secondary N) is 3. The molecule has 0 aromatic heterocycles. The van der Waals surface area contributed by atoms with Crippen LogP contribution in [0.1, 0.15) is 11.1 Å². The smallest absolute Gasteiger partial charge is 0.337 e. The summed E-state index contributed by atoms with van der Waals surface area (Å²) in [4.78, 5) is 23.4. The summed E-state index contributed by atoms with van der Waals surface area (Å²) >= 11 is 5.61. The molecular weight excluding hydrogens is 349 g/mol. The van der Waals surface area contributed by atoms with Crippen molar-refractivity contribution >= 4 is 29.2 Å². The van der Waals surface area contributed by atoms with Crippen LogP contribution >= 0.6 is 11.6 Å². The number of halogens is 2. The van der Waals surface area contributed by atoms with Gasteiger partial charge in [0, 0.05) is 11.8 Å². The van der Waals surface area contributed by atoms with E-state index >= 15 is 0 Å². The van der Waals surface area contributed by atoms with Crippen LogP contribution in [0.15, 0.2) is 36.4 Å². The number of carbonyl (C=O) groups is 2. The molecule has 2 aromatic carbocycles. The summed E-state index contributed by atoms with van der Waals surface area (Å²) in [5, 5.41) is 2.49. The van der Waals surface area contributed by atoms with Crippen LogP contribution in [0, 0.1) is 19.7 Å². The first-order chi connectivity index (χ1) is 11.8. The molecule has 0 atom stereocenters. The van der Waals surface area contributed by atoms with Gasteiger partial charge in [-0.3, -0.25) is 10.2 Å². The standard InChI is InChI=1S/C17H17ClFN3O3/c1-10-5-11(2)7-12(6-10)20-17(24)22-21-16(23)9-25-13-3-4-15(19)14(18)8-13/h3-8H,9H2,1-2H3,(H,21,23)(H2,20,22,24). The summed E-state index contributed by atoms with van der Waals surface area (Å²) in [7, 11) is 0. The Hall–Kier alpha value is -2.80. The lowest BCUT2D eigenvalue weighted by Crippen LogP contribution is -2.45. The number of amides is 3. The number of urea groups is 1. The molecule has 3 N–H and O–H groups in total. The van der Waals surface area contributed by atoms with Crippen molar-refractivity contribution in [3.8, 4) is 5.75 Å². The third-order valence-corrected chi connectivity index (χ3v) is 3.35. The van der Waals surface area contributed by atoms with Crippen LogP contribution in [0.4, 0.5) is 14.9 Å². The Bertz CT molecular complexity index is 778. The number of ether oxygens (including phenoxy) is 1. The lowest BCUT2D eigenvalue weighted by molar-refractivity contribution is -0.123. The summed E-state index contributed by atoms with van der Waals surface area (Å²) in [6, 6.07) is 8.71. The summed E-state index contributed by atoms with van der Waals surface area (Å²) in [5.41, 5.74) is 7.03. The van der Waals surface area contributed by atoms with Gasteiger partial charge >= 0.3 is 6.03 Å². The molecule has 0 aliphatic heterocycles. The fourth-order valence-corrected chi connectivity index (χ4v) is 2.26. The molecule has 8 heteroatoms. The second kappa shape index (κ2) is 8.34. The minimum Gasteiger partial charge on any atom is -0.484 e. The highest BCUT2D eigenvalue weighted by atomic mass is 35.5. The largest absolute Gasteiger partial charge is 0.484 e. The van der Waals surface area contributed by atoms with Gasteiger partial charge in [-0.25, -0.2) is 14.6 Å². The van der Waals surface area contributed by atoms with E-state index in [1.54, 1.807) is 12.1 Å². The first-order valence-corrected chi connectivity index (χ1v) is 7.73.